The summed E-state index contributed by atoms with van der Waals surface area (Å²) in [6.07, 6.45) is -2.24. The minimum Gasteiger partial charge on any atom is -0.478 e. The quantitative estimate of drug-likeness (QED) is 0.571. The van der Waals surface area contributed by atoms with Crippen molar-refractivity contribution in [2.45, 2.75) is 19.1 Å². The number of carboxylic acid groups (broad SMARTS) is 1. The number of pyridine rings is 1. The first-order valence-corrected chi connectivity index (χ1v) is 5.32. The van der Waals surface area contributed by atoms with Crippen molar-refractivity contribution in [1.29, 1.82) is 0 Å². The fourth-order valence-electron chi connectivity index (χ4n) is 1.37. The number of carbonyl (C=O) groups excluding carboxylic acids is 1. The largest absolute Gasteiger partial charge is 0.478 e. The Morgan fingerprint density at radius 1 is 1.47 bits per heavy atom. The van der Waals surface area contributed by atoms with Gasteiger partial charge < -0.3 is 20.6 Å². The second-order valence-corrected chi connectivity index (χ2v) is 3.81. The zero-order chi connectivity index (χ0) is 14.6. The van der Waals surface area contributed by atoms with Crippen molar-refractivity contribution in [3.63, 3.8) is 0 Å². The second-order valence-electron chi connectivity index (χ2n) is 3.81. The molecule has 104 valence electrons. The maximum Gasteiger partial charge on any atom is 0.338 e. The Morgan fingerprint density at radius 2 is 2.11 bits per heavy atom. The molecule has 1 heterocycles. The van der Waals surface area contributed by atoms with E-state index in [1.165, 1.54) is 6.92 Å². The topological polar surface area (TPSA) is 120 Å². The average Bonchev–Trinajstić information content (AvgIpc) is 2.34. The summed E-state index contributed by atoms with van der Waals surface area (Å²) in [5.74, 6) is -3.16. The number of carboxylic acids is 1. The zero-order valence-corrected chi connectivity index (χ0v) is 10.00. The Morgan fingerprint density at radius 3 is 2.63 bits per heavy atom. The molecule has 1 amide bonds. The van der Waals surface area contributed by atoms with E-state index < -0.39 is 41.2 Å². The number of halogens is 1. The molecule has 0 radical (unpaired) electrons. The third-order valence-electron chi connectivity index (χ3n) is 2.35. The van der Waals surface area contributed by atoms with Crippen LogP contribution in [0.4, 0.5) is 4.39 Å². The third kappa shape index (κ3) is 3.70. The van der Waals surface area contributed by atoms with Crippen LogP contribution in [0.15, 0.2) is 12.3 Å². The van der Waals surface area contributed by atoms with Crippen LogP contribution in [0.2, 0.25) is 0 Å². The molecule has 0 aliphatic heterocycles. The van der Waals surface area contributed by atoms with E-state index in [1.807, 2.05) is 0 Å². The molecule has 0 fully saturated rings. The normalized spacial score (nSPS) is 13.7. The van der Waals surface area contributed by atoms with E-state index in [2.05, 4.69) is 10.3 Å². The number of carbonyl (C=O) groups is 2. The van der Waals surface area contributed by atoms with E-state index in [0.717, 1.165) is 12.3 Å². The van der Waals surface area contributed by atoms with Gasteiger partial charge in [0.05, 0.1) is 5.56 Å². The van der Waals surface area contributed by atoms with Crippen LogP contribution in [0.3, 0.4) is 0 Å². The summed E-state index contributed by atoms with van der Waals surface area (Å²) >= 11 is 0. The maximum atomic E-state index is 13.7. The Balaban J connectivity index is 2.93. The molecular formula is C11H13FN2O5. The highest BCUT2D eigenvalue weighted by Gasteiger charge is 2.26. The van der Waals surface area contributed by atoms with Crippen LogP contribution in [0.1, 0.15) is 29.1 Å². The minimum atomic E-state index is -1.74. The number of hydrogen-bond donors (Lipinski definition) is 4. The molecule has 1 rings (SSSR count). The molecule has 0 aliphatic carbocycles. The number of hydrogen-bond acceptors (Lipinski definition) is 5. The number of nitrogens with one attached hydrogen (secondary N) is 1. The average molecular weight is 272 g/mol. The number of amides is 1. The van der Waals surface area contributed by atoms with Crippen molar-refractivity contribution < 1.29 is 29.3 Å². The van der Waals surface area contributed by atoms with Crippen LogP contribution in [0, 0.1) is 5.82 Å². The highest BCUT2D eigenvalue weighted by atomic mass is 19.1. The lowest BCUT2D eigenvalue weighted by Gasteiger charge is -2.18. The van der Waals surface area contributed by atoms with Gasteiger partial charge in [0.1, 0.15) is 17.9 Å². The number of aromatic carboxylic acids is 1. The molecule has 0 aromatic carbocycles. The highest BCUT2D eigenvalue weighted by Crippen LogP contribution is 2.20. The van der Waals surface area contributed by atoms with Crippen LogP contribution in [0.25, 0.3) is 0 Å². The Kier molecular flexibility index (Phi) is 4.90. The highest BCUT2D eigenvalue weighted by molar-refractivity contribution is 5.87. The monoisotopic (exact) mass is 272 g/mol. The van der Waals surface area contributed by atoms with E-state index in [4.69, 9.17) is 5.11 Å². The first kappa shape index (κ1) is 15.0. The fraction of sp³-hybridized carbons (Fsp3) is 0.364. The lowest BCUT2D eigenvalue weighted by molar-refractivity contribution is -0.119. The van der Waals surface area contributed by atoms with Crippen molar-refractivity contribution in [2.24, 2.45) is 0 Å². The zero-order valence-electron chi connectivity index (χ0n) is 10.00. The molecule has 8 heteroatoms. The van der Waals surface area contributed by atoms with Crippen LogP contribution in [0.5, 0.6) is 0 Å². The van der Waals surface area contributed by atoms with E-state index in [1.54, 1.807) is 0 Å². The Bertz CT molecular complexity index is 494. The molecule has 1 aromatic heterocycles. The number of aliphatic hydroxyl groups is 2. The number of aliphatic hydroxyl groups excluding tert-OH is 2. The van der Waals surface area contributed by atoms with Crippen molar-refractivity contribution in [2.75, 3.05) is 6.54 Å². The van der Waals surface area contributed by atoms with Gasteiger partial charge in [0, 0.05) is 19.7 Å². The van der Waals surface area contributed by atoms with Gasteiger partial charge in [0.2, 0.25) is 5.91 Å². The van der Waals surface area contributed by atoms with E-state index in [0.29, 0.717) is 0 Å². The van der Waals surface area contributed by atoms with Crippen LogP contribution in [-0.2, 0) is 4.79 Å². The smallest absolute Gasteiger partial charge is 0.338 e. The molecule has 0 spiro atoms. The first-order chi connectivity index (χ1) is 8.84. The van der Waals surface area contributed by atoms with Gasteiger partial charge >= 0.3 is 5.97 Å². The van der Waals surface area contributed by atoms with Gasteiger partial charge in [0.15, 0.2) is 5.82 Å². The standard InChI is InChI=1S/C11H13FN2O5/c1-5(15)14-4-7(16)10(17)9-8(12)6(11(18)19)2-3-13-9/h2-3,7,10,16-17H,4H2,1H3,(H,14,15)(H,18,19). The summed E-state index contributed by atoms with van der Waals surface area (Å²) in [5, 5.41) is 30.2. The van der Waals surface area contributed by atoms with Crippen molar-refractivity contribution in [3.05, 3.63) is 29.3 Å². The van der Waals surface area contributed by atoms with E-state index in [-0.39, 0.29) is 6.54 Å². The maximum absolute atomic E-state index is 13.7. The number of nitrogens with zero attached hydrogens (tertiary/aromatic N) is 1. The van der Waals surface area contributed by atoms with Crippen molar-refractivity contribution >= 4 is 11.9 Å². The third-order valence-corrected chi connectivity index (χ3v) is 2.35. The Hall–Kier alpha value is -2.06. The van der Waals surface area contributed by atoms with Gasteiger partial charge in [-0.3, -0.25) is 9.78 Å². The summed E-state index contributed by atoms with van der Waals surface area (Å²) in [6.45, 7) is 0.901. The molecule has 4 N–H and O–H groups in total. The van der Waals surface area contributed by atoms with Gasteiger partial charge in [-0.15, -0.1) is 0 Å². The second kappa shape index (κ2) is 6.21. The molecule has 2 unspecified atom stereocenters. The molecule has 19 heavy (non-hydrogen) atoms. The summed E-state index contributed by atoms with van der Waals surface area (Å²) in [7, 11) is 0. The molecule has 0 saturated carbocycles. The van der Waals surface area contributed by atoms with E-state index in [9.17, 15) is 24.2 Å². The predicted molar refractivity (Wildman–Crippen MR) is 60.8 cm³/mol. The van der Waals surface area contributed by atoms with Crippen molar-refractivity contribution in [3.8, 4) is 0 Å². The van der Waals surface area contributed by atoms with Gasteiger partial charge in [-0.2, -0.15) is 0 Å². The molecule has 0 aliphatic rings. The van der Waals surface area contributed by atoms with Gasteiger partial charge in [-0.05, 0) is 6.07 Å². The van der Waals surface area contributed by atoms with Gasteiger partial charge in [-0.25, -0.2) is 9.18 Å². The van der Waals surface area contributed by atoms with Crippen molar-refractivity contribution in [1.82, 2.24) is 10.3 Å². The fourth-order valence-corrected chi connectivity index (χ4v) is 1.37. The SMILES string of the molecule is CC(=O)NCC(O)C(O)c1nccc(C(=O)O)c1F. The van der Waals surface area contributed by atoms with Crippen LogP contribution >= 0.6 is 0 Å². The summed E-state index contributed by atoms with van der Waals surface area (Å²) in [6, 6.07) is 0.939. The molecule has 2 atom stereocenters. The first-order valence-electron chi connectivity index (χ1n) is 5.32. The Labute approximate surface area is 107 Å². The van der Waals surface area contributed by atoms with Gasteiger partial charge in [0.25, 0.3) is 0 Å². The van der Waals surface area contributed by atoms with Crippen LogP contribution < -0.4 is 5.32 Å². The molecule has 0 saturated heterocycles. The lowest BCUT2D eigenvalue weighted by Crippen LogP contribution is -2.35. The summed E-state index contributed by atoms with van der Waals surface area (Å²) in [4.78, 5) is 24.9. The summed E-state index contributed by atoms with van der Waals surface area (Å²) < 4.78 is 13.7. The predicted octanol–water partition coefficient (Wildman–Crippen LogP) is -0.551. The molecular weight excluding hydrogens is 259 g/mol. The molecule has 7 nitrogen and oxygen atoms in total. The number of aromatic nitrogens is 1. The number of rotatable bonds is 5. The van der Waals surface area contributed by atoms with E-state index >= 15 is 0 Å². The van der Waals surface area contributed by atoms with Crippen LogP contribution in [-0.4, -0.2) is 44.8 Å². The molecule has 0 bridgehead atoms. The lowest BCUT2D eigenvalue weighted by atomic mass is 10.1. The minimum absolute atomic E-state index is 0.311. The van der Waals surface area contributed by atoms with Gasteiger partial charge in [-0.1, -0.05) is 0 Å². The summed E-state index contributed by atoms with van der Waals surface area (Å²) in [5.41, 5.74) is -1.24. The molecule has 1 aromatic rings.